The first-order valence-electron chi connectivity index (χ1n) is 17.5. The van der Waals surface area contributed by atoms with E-state index in [4.69, 9.17) is 5.73 Å². The lowest BCUT2D eigenvalue weighted by molar-refractivity contribution is -0.145. The second kappa shape index (κ2) is 13.1. The van der Waals surface area contributed by atoms with E-state index >= 15 is 0 Å². The van der Waals surface area contributed by atoms with E-state index in [0.717, 1.165) is 24.2 Å². The minimum atomic E-state index is -1.12. The summed E-state index contributed by atoms with van der Waals surface area (Å²) in [5, 5.41) is 8.52. The van der Waals surface area contributed by atoms with Crippen molar-refractivity contribution >= 4 is 41.4 Å². The van der Waals surface area contributed by atoms with Gasteiger partial charge in [0.2, 0.25) is 17.6 Å². The number of carbonyl (C=O) groups is 7. The summed E-state index contributed by atoms with van der Waals surface area (Å²) in [5.41, 5.74) is 4.17. The number of hydrogen-bond acceptors (Lipinski definition) is 8. The molecule has 50 heavy (non-hydrogen) atoms. The van der Waals surface area contributed by atoms with E-state index < -0.39 is 76.3 Å². The number of primary amides is 1. The molecule has 14 nitrogen and oxygen atoms in total. The molecule has 0 radical (unpaired) electrons. The minimum absolute atomic E-state index is 0.0358. The molecule has 4 aliphatic rings. The van der Waals surface area contributed by atoms with Crippen LogP contribution in [-0.4, -0.2) is 93.4 Å². The van der Waals surface area contributed by atoms with Gasteiger partial charge >= 0.3 is 6.03 Å². The summed E-state index contributed by atoms with van der Waals surface area (Å²) in [6.45, 7) is 15.3. The molecule has 1 aromatic rings. The Hall–Kier alpha value is -4.36. The predicted molar refractivity (Wildman–Crippen MR) is 182 cm³/mol. The van der Waals surface area contributed by atoms with Crippen LogP contribution in [-0.2, 0) is 19.2 Å². The number of hydrogen-bond donors (Lipinski definition) is 4. The van der Waals surface area contributed by atoms with E-state index in [1.165, 1.54) is 23.4 Å². The largest absolute Gasteiger partial charge is 0.363 e. The van der Waals surface area contributed by atoms with Crippen molar-refractivity contribution in [3.8, 4) is 0 Å². The zero-order valence-electron chi connectivity index (χ0n) is 30.3. The van der Waals surface area contributed by atoms with Gasteiger partial charge in [-0.05, 0) is 46.5 Å². The number of urea groups is 1. The van der Waals surface area contributed by atoms with Crippen LogP contribution in [0.15, 0.2) is 18.5 Å². The van der Waals surface area contributed by atoms with Gasteiger partial charge in [0.05, 0.1) is 29.8 Å². The summed E-state index contributed by atoms with van der Waals surface area (Å²) in [7, 11) is 0. The van der Waals surface area contributed by atoms with Crippen molar-refractivity contribution in [3.63, 3.8) is 0 Å². The minimum Gasteiger partial charge on any atom is -0.363 e. The maximum absolute atomic E-state index is 14.4. The van der Waals surface area contributed by atoms with Crippen LogP contribution in [0.3, 0.4) is 0 Å². The number of nitrogens with two attached hydrogens (primary N) is 1. The SMILES string of the molecule is CC(C)(C)[C@H](NC(=O)N[C@H](CN1C(=O)c2ccncc2C1=O)C(C)(C)C)C(=O)N1C[C@H]2C([C@H]1C(=O)NC(CC1CCC1)C(=O)C(N)=O)C2(C)C. The van der Waals surface area contributed by atoms with E-state index in [0.29, 0.717) is 13.0 Å². The maximum atomic E-state index is 14.4. The first kappa shape index (κ1) is 36.9. The number of aromatic nitrogens is 1. The number of amides is 7. The summed E-state index contributed by atoms with van der Waals surface area (Å²) < 4.78 is 0. The molecule has 2 aliphatic heterocycles. The number of piperidine rings is 1. The van der Waals surface area contributed by atoms with Crippen molar-refractivity contribution in [3.05, 3.63) is 29.6 Å². The van der Waals surface area contributed by atoms with Gasteiger partial charge in [0.15, 0.2) is 0 Å². The number of likely N-dealkylation sites (tertiary alicyclic amines) is 1. The Bertz CT molecular complexity index is 1570. The van der Waals surface area contributed by atoms with Gasteiger partial charge in [0.1, 0.15) is 12.1 Å². The van der Waals surface area contributed by atoms with Crippen molar-refractivity contribution in [2.24, 2.45) is 39.7 Å². The number of nitrogens with zero attached hydrogens (tertiary/aromatic N) is 3. The van der Waals surface area contributed by atoms with E-state index in [-0.39, 0.29) is 40.8 Å². The Kier molecular flexibility index (Phi) is 9.65. The summed E-state index contributed by atoms with van der Waals surface area (Å²) in [5.74, 6) is -3.84. The molecule has 0 aromatic carbocycles. The molecule has 14 heteroatoms. The zero-order valence-corrected chi connectivity index (χ0v) is 30.3. The topological polar surface area (TPSA) is 201 Å². The van der Waals surface area contributed by atoms with Gasteiger partial charge in [-0.25, -0.2) is 4.79 Å². The molecule has 1 saturated heterocycles. The molecule has 0 bridgehead atoms. The Morgan fingerprint density at radius 3 is 2.14 bits per heavy atom. The van der Waals surface area contributed by atoms with Crippen LogP contribution in [0.5, 0.6) is 0 Å². The van der Waals surface area contributed by atoms with Crippen LogP contribution >= 0.6 is 0 Å². The van der Waals surface area contributed by atoms with Crippen molar-refractivity contribution in [1.29, 1.82) is 0 Å². The summed E-state index contributed by atoms with van der Waals surface area (Å²) in [4.78, 5) is 99.5. The van der Waals surface area contributed by atoms with Crippen LogP contribution in [0, 0.1) is 34.0 Å². The van der Waals surface area contributed by atoms with Gasteiger partial charge < -0.3 is 26.6 Å². The lowest BCUT2D eigenvalue weighted by Gasteiger charge is -2.39. The molecule has 2 saturated carbocycles. The lowest BCUT2D eigenvalue weighted by Crippen LogP contribution is -2.63. The number of rotatable bonds is 11. The number of imide groups is 1. The molecule has 2 aliphatic carbocycles. The number of Topliss-reactive ketones (excluding diaryl/α,β-unsaturated/α-hetero) is 1. The van der Waals surface area contributed by atoms with E-state index in [9.17, 15) is 33.6 Å². The van der Waals surface area contributed by atoms with Crippen molar-refractivity contribution in [1.82, 2.24) is 30.7 Å². The highest BCUT2D eigenvalue weighted by Gasteiger charge is 2.70. The van der Waals surface area contributed by atoms with Gasteiger partial charge in [-0.1, -0.05) is 74.7 Å². The first-order chi connectivity index (χ1) is 23.1. The fourth-order valence-electron chi connectivity index (χ4n) is 7.70. The fraction of sp³-hybridized carbons (Fsp3) is 0.667. The normalized spacial score (nSPS) is 24.4. The Labute approximate surface area is 293 Å². The van der Waals surface area contributed by atoms with Gasteiger partial charge in [-0.15, -0.1) is 0 Å². The first-order valence-corrected chi connectivity index (χ1v) is 17.5. The third-order valence-corrected chi connectivity index (χ3v) is 11.3. The number of carbonyl (C=O) groups excluding carboxylic acids is 7. The average molecular weight is 694 g/mol. The van der Waals surface area contributed by atoms with Gasteiger partial charge in [0.25, 0.3) is 17.7 Å². The third-order valence-electron chi connectivity index (χ3n) is 11.3. The van der Waals surface area contributed by atoms with Crippen LogP contribution in [0.1, 0.15) is 102 Å². The second-order valence-electron chi connectivity index (χ2n) is 17.2. The summed E-state index contributed by atoms with van der Waals surface area (Å²) in [6.07, 6.45) is 5.92. The zero-order chi connectivity index (χ0) is 37.1. The van der Waals surface area contributed by atoms with Crippen LogP contribution < -0.4 is 21.7 Å². The lowest BCUT2D eigenvalue weighted by atomic mass is 9.80. The molecule has 7 amide bonds. The van der Waals surface area contributed by atoms with E-state index in [1.54, 1.807) is 20.8 Å². The maximum Gasteiger partial charge on any atom is 0.315 e. The molecule has 5 N–H and O–H groups in total. The Morgan fingerprint density at radius 1 is 0.960 bits per heavy atom. The van der Waals surface area contributed by atoms with Crippen LogP contribution in [0.25, 0.3) is 0 Å². The standard InChI is InChI=1S/C36H51N7O7/c1-34(2,3)23(17-43-30(47)19-12-13-38-15-20(19)31(43)48)40-33(50)41-27(35(4,5)6)32(49)42-16-21-24(36(21,7)8)25(42)29(46)39-22(26(44)28(37)45)14-18-10-9-11-18/h12-13,15,18,21-25,27H,9-11,14,16-17H2,1-8H3,(H2,37,45)(H,39,46)(H2,40,41,50)/t21-,22?,23+,24?,25-,27+/m0/s1. The highest BCUT2D eigenvalue weighted by atomic mass is 16.2. The third kappa shape index (κ3) is 6.98. The van der Waals surface area contributed by atoms with Crippen molar-refractivity contribution in [2.45, 2.75) is 105 Å². The molecule has 2 unspecified atom stereocenters. The molecule has 3 heterocycles. The predicted octanol–water partition coefficient (Wildman–Crippen LogP) is 2.02. The molecule has 3 fully saturated rings. The highest BCUT2D eigenvalue weighted by molar-refractivity contribution is 6.37. The quantitative estimate of drug-likeness (QED) is 0.199. The number of ketones is 1. The van der Waals surface area contributed by atoms with Gasteiger partial charge in [-0.3, -0.25) is 38.7 Å². The Balaban J connectivity index is 1.33. The van der Waals surface area contributed by atoms with E-state index in [1.807, 2.05) is 34.6 Å². The molecular weight excluding hydrogens is 642 g/mol. The van der Waals surface area contributed by atoms with E-state index in [2.05, 4.69) is 20.9 Å². The smallest absolute Gasteiger partial charge is 0.315 e. The molecular formula is C36H51N7O7. The summed E-state index contributed by atoms with van der Waals surface area (Å²) >= 11 is 0. The summed E-state index contributed by atoms with van der Waals surface area (Å²) in [6, 6.07) is -2.92. The molecule has 0 spiro atoms. The Morgan fingerprint density at radius 2 is 1.60 bits per heavy atom. The number of fused-ring (bicyclic) bond motifs is 2. The molecule has 272 valence electrons. The van der Waals surface area contributed by atoms with Crippen molar-refractivity contribution in [2.75, 3.05) is 13.1 Å². The second-order valence-corrected chi connectivity index (χ2v) is 17.2. The monoisotopic (exact) mass is 693 g/mol. The van der Waals surface area contributed by atoms with Crippen LogP contribution in [0.2, 0.25) is 0 Å². The van der Waals surface area contributed by atoms with Gasteiger partial charge in [0, 0.05) is 18.9 Å². The molecule has 1 aromatic heterocycles. The van der Waals surface area contributed by atoms with Crippen molar-refractivity contribution < 1.29 is 33.6 Å². The number of pyridine rings is 1. The number of nitrogens with one attached hydrogen (secondary N) is 3. The molecule has 6 atom stereocenters. The molecule has 5 rings (SSSR count). The average Bonchev–Trinajstić information content (AvgIpc) is 3.27. The fourth-order valence-corrected chi connectivity index (χ4v) is 7.70. The highest BCUT2D eigenvalue weighted by Crippen LogP contribution is 2.65. The van der Waals surface area contributed by atoms with Crippen LogP contribution in [0.4, 0.5) is 4.79 Å². The van der Waals surface area contributed by atoms with Gasteiger partial charge in [-0.2, -0.15) is 0 Å².